The number of anilines is 1. The predicted molar refractivity (Wildman–Crippen MR) is 123 cm³/mol. The Morgan fingerprint density at radius 3 is 2.53 bits per heavy atom. The molecular weight excluding hydrogens is 478 g/mol. The summed E-state index contributed by atoms with van der Waals surface area (Å²) >= 11 is 3.53. The quantitative estimate of drug-likeness (QED) is 0.511. The number of ketones is 1. The van der Waals surface area contributed by atoms with Crippen molar-refractivity contribution < 1.29 is 14.3 Å². The van der Waals surface area contributed by atoms with Gasteiger partial charge in [-0.3, -0.25) is 19.6 Å². The van der Waals surface area contributed by atoms with E-state index in [1.165, 1.54) is 7.11 Å². The van der Waals surface area contributed by atoms with Crippen molar-refractivity contribution in [2.75, 3.05) is 19.0 Å². The lowest BCUT2D eigenvalue weighted by molar-refractivity contribution is 0.103. The zero-order valence-corrected chi connectivity index (χ0v) is 18.8. The van der Waals surface area contributed by atoms with Crippen LogP contribution in [0.1, 0.15) is 39.9 Å². The normalized spacial score (nSPS) is 16.2. The first-order valence-electron chi connectivity index (χ1n) is 9.96. The smallest absolute Gasteiger partial charge is 0.327 e. The highest BCUT2D eigenvalue weighted by atomic mass is 79.9. The van der Waals surface area contributed by atoms with E-state index >= 15 is 0 Å². The second-order valence-electron chi connectivity index (χ2n) is 7.39. The van der Waals surface area contributed by atoms with E-state index in [0.29, 0.717) is 45.0 Å². The van der Waals surface area contributed by atoms with Gasteiger partial charge in [0.1, 0.15) is 5.82 Å². The molecule has 32 heavy (non-hydrogen) atoms. The summed E-state index contributed by atoms with van der Waals surface area (Å²) in [5, 5.41) is 3.12. The van der Waals surface area contributed by atoms with Crippen LogP contribution in [0.15, 0.2) is 56.0 Å². The third kappa shape index (κ3) is 2.92. The minimum absolute atomic E-state index is 0.173. The molecule has 0 spiro atoms. The Bertz CT molecular complexity index is 1440. The number of aromatic amines is 2. The van der Waals surface area contributed by atoms with Gasteiger partial charge in [-0.1, -0.05) is 24.3 Å². The van der Waals surface area contributed by atoms with Gasteiger partial charge < -0.3 is 14.8 Å². The van der Waals surface area contributed by atoms with Crippen LogP contribution in [-0.4, -0.2) is 29.5 Å². The number of ether oxygens (including phenoxy) is 2. The molecule has 1 aliphatic heterocycles. The fraction of sp³-hybridized carbons (Fsp3) is 0.174. The molecule has 0 saturated carbocycles. The molecule has 2 aliphatic rings. The van der Waals surface area contributed by atoms with E-state index in [2.05, 4.69) is 31.2 Å². The van der Waals surface area contributed by atoms with Crippen LogP contribution in [0, 0.1) is 0 Å². The third-order valence-electron chi connectivity index (χ3n) is 5.64. The monoisotopic (exact) mass is 495 g/mol. The van der Waals surface area contributed by atoms with Crippen LogP contribution in [0.4, 0.5) is 5.82 Å². The first-order valence-corrected chi connectivity index (χ1v) is 10.8. The van der Waals surface area contributed by atoms with E-state index in [-0.39, 0.29) is 17.2 Å². The van der Waals surface area contributed by atoms with Gasteiger partial charge in [-0.15, -0.1) is 0 Å². The Hall–Kier alpha value is -3.59. The summed E-state index contributed by atoms with van der Waals surface area (Å²) in [4.78, 5) is 43.3. The zero-order chi connectivity index (χ0) is 22.6. The Morgan fingerprint density at radius 1 is 1.06 bits per heavy atom. The molecule has 2 aromatic carbocycles. The third-order valence-corrected chi connectivity index (χ3v) is 6.22. The summed E-state index contributed by atoms with van der Waals surface area (Å²) in [6, 6.07) is 10.8. The van der Waals surface area contributed by atoms with E-state index in [4.69, 9.17) is 9.47 Å². The van der Waals surface area contributed by atoms with Crippen molar-refractivity contribution >= 4 is 33.2 Å². The van der Waals surface area contributed by atoms with Crippen LogP contribution in [-0.2, 0) is 0 Å². The lowest BCUT2D eigenvalue weighted by Crippen LogP contribution is -2.33. The van der Waals surface area contributed by atoms with Crippen molar-refractivity contribution in [3.8, 4) is 11.5 Å². The Balaban J connectivity index is 1.81. The number of aromatic nitrogens is 2. The summed E-state index contributed by atoms with van der Waals surface area (Å²) in [7, 11) is 1.52. The molecule has 5 rings (SSSR count). The Labute approximate surface area is 190 Å². The Morgan fingerprint density at radius 2 is 1.81 bits per heavy atom. The molecule has 0 radical (unpaired) electrons. The largest absolute Gasteiger partial charge is 0.493 e. The lowest BCUT2D eigenvalue weighted by Gasteiger charge is -2.28. The Kier molecular flexibility index (Phi) is 4.78. The van der Waals surface area contributed by atoms with Crippen LogP contribution in [0.5, 0.6) is 11.5 Å². The molecule has 0 amide bonds. The van der Waals surface area contributed by atoms with Gasteiger partial charge in [0.15, 0.2) is 17.3 Å². The first kappa shape index (κ1) is 20.3. The summed E-state index contributed by atoms with van der Waals surface area (Å²) in [6.07, 6.45) is 0. The number of benzene rings is 2. The SMILES string of the molecule is CCOc1c(Br)cc(C2C3=C(Nc4[nH]c(=O)[nH]c(=O)c42)c2ccccc2C3=O)cc1OC. The molecule has 2 heterocycles. The number of hydrogen-bond acceptors (Lipinski definition) is 6. The van der Waals surface area contributed by atoms with Gasteiger partial charge in [0.05, 0.1) is 29.4 Å². The zero-order valence-electron chi connectivity index (χ0n) is 17.2. The summed E-state index contributed by atoms with van der Waals surface area (Å²) < 4.78 is 11.8. The molecule has 0 fully saturated rings. The first-order chi connectivity index (χ1) is 15.4. The minimum Gasteiger partial charge on any atom is -0.493 e. The van der Waals surface area contributed by atoms with Gasteiger partial charge in [-0.25, -0.2) is 4.79 Å². The molecule has 0 saturated heterocycles. The van der Waals surface area contributed by atoms with Gasteiger partial charge >= 0.3 is 5.69 Å². The van der Waals surface area contributed by atoms with E-state index < -0.39 is 17.2 Å². The second kappa shape index (κ2) is 7.52. The second-order valence-corrected chi connectivity index (χ2v) is 8.24. The highest BCUT2D eigenvalue weighted by Gasteiger charge is 2.42. The van der Waals surface area contributed by atoms with Crippen LogP contribution in [0.25, 0.3) is 5.70 Å². The molecule has 1 atom stereocenters. The molecule has 3 aromatic rings. The van der Waals surface area contributed by atoms with Crippen molar-refractivity contribution in [2.24, 2.45) is 0 Å². The average molecular weight is 496 g/mol. The summed E-state index contributed by atoms with van der Waals surface area (Å²) in [5.74, 6) is 0.340. The fourth-order valence-electron chi connectivity index (χ4n) is 4.38. The minimum atomic E-state index is -0.734. The molecule has 162 valence electrons. The summed E-state index contributed by atoms with van der Waals surface area (Å²) in [5.41, 5.74) is 1.98. The van der Waals surface area contributed by atoms with E-state index in [9.17, 15) is 14.4 Å². The number of allylic oxidation sites excluding steroid dienone is 1. The highest BCUT2D eigenvalue weighted by molar-refractivity contribution is 9.10. The van der Waals surface area contributed by atoms with Gasteiger partial charge in [0, 0.05) is 22.6 Å². The number of hydrogen-bond donors (Lipinski definition) is 3. The molecule has 1 unspecified atom stereocenters. The average Bonchev–Trinajstić information content (AvgIpc) is 3.05. The molecule has 1 aliphatic carbocycles. The van der Waals surface area contributed by atoms with Crippen molar-refractivity contribution in [1.82, 2.24) is 9.97 Å². The lowest BCUT2D eigenvalue weighted by atomic mass is 9.81. The highest BCUT2D eigenvalue weighted by Crippen LogP contribution is 2.49. The number of rotatable bonds is 4. The van der Waals surface area contributed by atoms with E-state index in [1.54, 1.807) is 24.3 Å². The number of carbonyl (C=O) groups is 1. The fourth-order valence-corrected chi connectivity index (χ4v) is 4.95. The van der Waals surface area contributed by atoms with Gasteiger partial charge in [0.25, 0.3) is 5.56 Å². The van der Waals surface area contributed by atoms with Crippen molar-refractivity contribution in [1.29, 1.82) is 0 Å². The number of nitrogens with one attached hydrogen (secondary N) is 3. The van der Waals surface area contributed by atoms with Crippen LogP contribution < -0.4 is 26.0 Å². The van der Waals surface area contributed by atoms with Crippen LogP contribution in [0.2, 0.25) is 0 Å². The maximum Gasteiger partial charge on any atom is 0.327 e. The van der Waals surface area contributed by atoms with E-state index in [1.807, 2.05) is 19.1 Å². The molecule has 1 aromatic heterocycles. The van der Waals surface area contributed by atoms with E-state index in [0.717, 1.165) is 5.56 Å². The molecule has 8 nitrogen and oxygen atoms in total. The van der Waals surface area contributed by atoms with Crippen LogP contribution >= 0.6 is 15.9 Å². The number of fused-ring (bicyclic) bond motifs is 3. The van der Waals surface area contributed by atoms with Crippen molar-refractivity contribution in [3.63, 3.8) is 0 Å². The predicted octanol–water partition coefficient (Wildman–Crippen LogP) is 3.40. The summed E-state index contributed by atoms with van der Waals surface area (Å²) in [6.45, 7) is 2.30. The van der Waals surface area contributed by atoms with Crippen LogP contribution in [0.3, 0.4) is 0 Å². The number of H-pyrrole nitrogens is 2. The maximum atomic E-state index is 13.5. The maximum absolute atomic E-state index is 13.5. The molecule has 0 bridgehead atoms. The molecule has 3 N–H and O–H groups in total. The molecule has 9 heteroatoms. The van der Waals surface area contributed by atoms with Gasteiger partial charge in [0.2, 0.25) is 0 Å². The van der Waals surface area contributed by atoms with Gasteiger partial charge in [-0.2, -0.15) is 0 Å². The van der Waals surface area contributed by atoms with Gasteiger partial charge in [-0.05, 0) is 40.5 Å². The number of Topliss-reactive ketones (excluding diaryl/α,β-unsaturated/α-hetero) is 1. The number of methoxy groups -OCH3 is 1. The van der Waals surface area contributed by atoms with Crippen molar-refractivity contribution in [2.45, 2.75) is 12.8 Å². The standard InChI is InChI=1S/C23H18BrN3O5/c1-3-32-20-13(24)8-10(9-14(20)31-2)15-16-18(11-6-4-5-7-12(11)19(16)28)25-21-17(15)22(29)27-23(30)26-21/h4-9,15H,3H2,1-2H3,(H3,25,26,27,29,30). The number of carbonyl (C=O) groups excluding carboxylic acids is 1. The molecular formula is C23H18BrN3O5. The topological polar surface area (TPSA) is 113 Å². The number of halogens is 1. The van der Waals surface area contributed by atoms with Crippen molar-refractivity contribution in [3.05, 3.63) is 89.5 Å².